The molecule has 0 saturated heterocycles. The van der Waals surface area contributed by atoms with Crippen molar-refractivity contribution in [3.8, 4) is 0 Å². The third kappa shape index (κ3) is 5.77. The van der Waals surface area contributed by atoms with Gasteiger partial charge in [0.1, 0.15) is 0 Å². The molecule has 0 saturated carbocycles. The first-order chi connectivity index (χ1) is 12.3. The summed E-state index contributed by atoms with van der Waals surface area (Å²) in [6, 6.07) is 7.55. The zero-order chi connectivity index (χ0) is 22.2. The molecule has 1 unspecified atom stereocenters. The van der Waals surface area contributed by atoms with Gasteiger partial charge in [-0.25, -0.2) is 4.21 Å². The molecule has 1 aromatic carbocycles. The lowest BCUT2D eigenvalue weighted by atomic mass is 9.96. The molecule has 0 aromatic heterocycles. The van der Waals surface area contributed by atoms with E-state index in [1.807, 2.05) is 45.0 Å². The first-order valence-electron chi connectivity index (χ1n) is 9.85. The molecule has 0 spiro atoms. The Morgan fingerprint density at radius 2 is 1.57 bits per heavy atom. The van der Waals surface area contributed by atoms with E-state index in [1.54, 1.807) is 20.8 Å². The number of carbonyl (C=O) groups excluding carboxylic acids is 1. The number of benzene rings is 1. The second kappa shape index (κ2) is 8.03. The van der Waals surface area contributed by atoms with E-state index in [2.05, 4.69) is 38.2 Å². The molecule has 0 heterocycles. The number of carbonyl (C=O) groups is 1. The van der Waals surface area contributed by atoms with Gasteiger partial charge in [0.05, 0.1) is 21.1 Å². The lowest BCUT2D eigenvalue weighted by molar-refractivity contribution is -0.124. The normalized spacial score (nSPS) is 15.8. The van der Waals surface area contributed by atoms with E-state index in [0.717, 1.165) is 5.56 Å². The van der Waals surface area contributed by atoms with Crippen LogP contribution in [0.2, 0.25) is 18.1 Å². The molecule has 0 aliphatic carbocycles. The number of nitrogens with zero attached hydrogens (tertiary/aromatic N) is 1. The van der Waals surface area contributed by atoms with Crippen LogP contribution in [-0.4, -0.2) is 23.2 Å². The van der Waals surface area contributed by atoms with E-state index in [1.165, 1.54) is 0 Å². The van der Waals surface area contributed by atoms with Gasteiger partial charge in [0.15, 0.2) is 8.32 Å². The molecule has 6 heteroatoms. The topological polar surface area (TPSA) is 55.7 Å². The molecule has 160 valence electrons. The summed E-state index contributed by atoms with van der Waals surface area (Å²) in [5, 5.41) is 0.123. The Balaban J connectivity index is 3.38. The smallest absolute Gasteiger partial charge is 0.259 e. The monoisotopic (exact) mass is 425 g/mol. The average Bonchev–Trinajstić information content (AvgIpc) is 2.50. The van der Waals surface area contributed by atoms with Crippen LogP contribution in [0, 0.1) is 5.41 Å². The van der Waals surface area contributed by atoms with Crippen molar-refractivity contribution in [3.63, 3.8) is 0 Å². The maximum atomic E-state index is 14.0. The fraction of sp³-hybridized carbons (Fsp3) is 0.682. The summed E-state index contributed by atoms with van der Waals surface area (Å²) < 4.78 is 23.9. The molecule has 0 bridgehead atoms. The number of hydrogen-bond donors (Lipinski definition) is 0. The van der Waals surface area contributed by atoms with Crippen molar-refractivity contribution in [1.82, 2.24) is 0 Å². The first-order valence-corrected chi connectivity index (χ1v) is 14.3. The molecule has 1 rings (SSSR count). The maximum absolute atomic E-state index is 14.0. The Labute approximate surface area is 173 Å². The van der Waals surface area contributed by atoms with Gasteiger partial charge in [0, 0.05) is 10.3 Å². The third-order valence-corrected chi connectivity index (χ3v) is 12.8. The van der Waals surface area contributed by atoms with Gasteiger partial charge in [-0.05, 0) is 56.6 Å². The summed E-state index contributed by atoms with van der Waals surface area (Å²) in [5.74, 6) is -0.338. The van der Waals surface area contributed by atoms with Crippen LogP contribution in [0.5, 0.6) is 0 Å². The van der Waals surface area contributed by atoms with Gasteiger partial charge in [-0.3, -0.25) is 4.79 Å². The van der Waals surface area contributed by atoms with E-state index in [9.17, 15) is 9.00 Å². The summed E-state index contributed by atoms with van der Waals surface area (Å²) >= 11 is 0. The molecule has 0 aliphatic rings. The quantitative estimate of drug-likeness (QED) is 0.524. The maximum Gasteiger partial charge on any atom is 0.259 e. The molecule has 0 N–H and O–H groups in total. The van der Waals surface area contributed by atoms with Gasteiger partial charge < -0.3 is 4.43 Å². The summed E-state index contributed by atoms with van der Waals surface area (Å²) in [6.07, 6.45) is 0. The van der Waals surface area contributed by atoms with Crippen LogP contribution in [0.15, 0.2) is 33.5 Å². The summed E-state index contributed by atoms with van der Waals surface area (Å²) in [6.45, 7) is 22.5. The Hall–Kier alpha value is -0.983. The van der Waals surface area contributed by atoms with Crippen LogP contribution in [0.25, 0.3) is 0 Å². The average molecular weight is 426 g/mol. The van der Waals surface area contributed by atoms with Crippen molar-refractivity contribution in [2.75, 3.05) is 0 Å². The van der Waals surface area contributed by atoms with Crippen molar-refractivity contribution in [2.24, 2.45) is 9.78 Å². The van der Waals surface area contributed by atoms with E-state index in [-0.39, 0.29) is 10.9 Å². The van der Waals surface area contributed by atoms with Crippen molar-refractivity contribution in [2.45, 2.75) is 96.7 Å². The summed E-state index contributed by atoms with van der Waals surface area (Å²) in [4.78, 5) is 13.2. The highest BCUT2D eigenvalue weighted by atomic mass is 32.2. The Bertz CT molecular complexity index is 831. The van der Waals surface area contributed by atoms with Gasteiger partial charge in [-0.1, -0.05) is 53.7 Å². The molecule has 1 aromatic rings. The largest absolute Gasteiger partial charge is 0.413 e. The van der Waals surface area contributed by atoms with E-state index >= 15 is 0 Å². The molecule has 0 aliphatic heterocycles. The lowest BCUT2D eigenvalue weighted by Crippen LogP contribution is -2.40. The highest BCUT2D eigenvalue weighted by Gasteiger charge is 2.37. The van der Waals surface area contributed by atoms with Crippen molar-refractivity contribution >= 4 is 24.0 Å². The first kappa shape index (κ1) is 25.1. The van der Waals surface area contributed by atoms with Gasteiger partial charge in [-0.2, -0.15) is 4.36 Å². The van der Waals surface area contributed by atoms with Crippen molar-refractivity contribution in [1.29, 1.82) is 0 Å². The van der Waals surface area contributed by atoms with Gasteiger partial charge >= 0.3 is 0 Å². The minimum absolute atomic E-state index is 0.123. The SMILES string of the molecule is CC(C)(C)C(=O)N=S(=O)(c1cccc(CO[Si](C)(C)C(C)(C)C)c1)C(C)(C)C. The molecule has 0 fully saturated rings. The minimum atomic E-state index is -2.94. The van der Waals surface area contributed by atoms with Crippen LogP contribution in [0.3, 0.4) is 0 Å². The molecular weight excluding hydrogens is 386 g/mol. The summed E-state index contributed by atoms with van der Waals surface area (Å²) in [5.41, 5.74) is 0.287. The van der Waals surface area contributed by atoms with Gasteiger partial charge in [0.25, 0.3) is 5.91 Å². The van der Waals surface area contributed by atoms with Crippen LogP contribution >= 0.6 is 0 Å². The van der Waals surface area contributed by atoms with Crippen LogP contribution in [-0.2, 0) is 25.6 Å². The fourth-order valence-corrected chi connectivity index (χ4v) is 5.21. The predicted octanol–water partition coefficient (Wildman–Crippen LogP) is 6.41. The molecule has 28 heavy (non-hydrogen) atoms. The van der Waals surface area contributed by atoms with E-state index < -0.39 is 28.2 Å². The standard InChI is InChI=1S/C22H39NO3SSi/c1-20(2,3)19(24)23-27(25,21(4,5)6)18-14-12-13-17(15-18)16-26-28(10,11)22(7,8)9/h12-15H,16H2,1-11H3. The highest BCUT2D eigenvalue weighted by Crippen LogP contribution is 2.37. The third-order valence-electron chi connectivity index (χ3n) is 5.31. The highest BCUT2D eigenvalue weighted by molar-refractivity contribution is 7.95. The van der Waals surface area contributed by atoms with Crippen LogP contribution in [0.4, 0.5) is 0 Å². The Morgan fingerprint density at radius 3 is 2.00 bits per heavy atom. The number of rotatable bonds is 4. The van der Waals surface area contributed by atoms with E-state index in [0.29, 0.717) is 11.5 Å². The number of amides is 1. The fourth-order valence-electron chi connectivity index (χ4n) is 2.08. The van der Waals surface area contributed by atoms with Crippen LogP contribution < -0.4 is 0 Å². The molecule has 1 amide bonds. The summed E-state index contributed by atoms with van der Waals surface area (Å²) in [7, 11) is -4.83. The van der Waals surface area contributed by atoms with Gasteiger partial charge in [0.2, 0.25) is 0 Å². The number of hydrogen-bond acceptors (Lipinski definition) is 3. The van der Waals surface area contributed by atoms with Crippen LogP contribution in [0.1, 0.15) is 67.9 Å². The molecule has 0 radical (unpaired) electrons. The molecule has 4 nitrogen and oxygen atoms in total. The Morgan fingerprint density at radius 1 is 1.04 bits per heavy atom. The molecular formula is C22H39NO3SSi. The van der Waals surface area contributed by atoms with Crippen molar-refractivity contribution < 1.29 is 13.4 Å². The van der Waals surface area contributed by atoms with E-state index in [4.69, 9.17) is 4.43 Å². The second-order valence-electron chi connectivity index (χ2n) is 11.0. The molecule has 1 atom stereocenters. The minimum Gasteiger partial charge on any atom is -0.413 e. The zero-order valence-electron chi connectivity index (χ0n) is 19.6. The van der Waals surface area contributed by atoms with Gasteiger partial charge in [-0.15, -0.1) is 0 Å². The zero-order valence-corrected chi connectivity index (χ0v) is 21.4. The Kier molecular flexibility index (Phi) is 7.19. The predicted molar refractivity (Wildman–Crippen MR) is 121 cm³/mol. The second-order valence-corrected chi connectivity index (χ2v) is 18.7. The lowest BCUT2D eigenvalue weighted by Gasteiger charge is -2.36. The van der Waals surface area contributed by atoms with Crippen molar-refractivity contribution in [3.05, 3.63) is 29.8 Å².